The Morgan fingerprint density at radius 1 is 1.12 bits per heavy atom. The Morgan fingerprint density at radius 3 is 2.53 bits per heavy atom. The number of nitrogens with zero attached hydrogens (tertiary/aromatic N) is 3. The van der Waals surface area contributed by atoms with Crippen LogP contribution in [0.5, 0.6) is 0 Å². The SMILES string of the molecule is Cc1cccc(S(=O)(=O)Nc2cnc(N3CCC(CCN4CCCCC4)CC3)c(C(=O)O)c2)c1. The molecule has 34 heavy (non-hydrogen) atoms. The molecule has 2 fully saturated rings. The third-order valence-electron chi connectivity index (χ3n) is 6.87. The smallest absolute Gasteiger partial charge is 0.339 e. The molecule has 2 N–H and O–H groups in total. The van der Waals surface area contributed by atoms with Gasteiger partial charge < -0.3 is 14.9 Å². The Balaban J connectivity index is 1.40. The highest BCUT2D eigenvalue weighted by Gasteiger charge is 2.25. The summed E-state index contributed by atoms with van der Waals surface area (Å²) >= 11 is 0. The number of carboxylic acids is 1. The van der Waals surface area contributed by atoms with Crippen molar-refractivity contribution in [3.05, 3.63) is 47.7 Å². The van der Waals surface area contributed by atoms with Crippen LogP contribution in [0.4, 0.5) is 11.5 Å². The predicted molar refractivity (Wildman–Crippen MR) is 133 cm³/mol. The van der Waals surface area contributed by atoms with Crippen LogP contribution in [0.3, 0.4) is 0 Å². The van der Waals surface area contributed by atoms with Gasteiger partial charge in [0.05, 0.1) is 16.8 Å². The van der Waals surface area contributed by atoms with E-state index in [-0.39, 0.29) is 16.1 Å². The number of likely N-dealkylation sites (tertiary alicyclic amines) is 1. The van der Waals surface area contributed by atoms with E-state index in [4.69, 9.17) is 0 Å². The van der Waals surface area contributed by atoms with Crippen molar-refractivity contribution in [2.24, 2.45) is 5.92 Å². The minimum Gasteiger partial charge on any atom is -0.478 e. The minimum absolute atomic E-state index is 0.0104. The predicted octanol–water partition coefficient (Wildman–Crippen LogP) is 3.98. The number of pyridine rings is 1. The van der Waals surface area contributed by atoms with E-state index in [9.17, 15) is 18.3 Å². The van der Waals surface area contributed by atoms with Gasteiger partial charge >= 0.3 is 5.97 Å². The van der Waals surface area contributed by atoms with E-state index in [1.807, 2.05) is 17.9 Å². The molecule has 2 aromatic rings. The third kappa shape index (κ3) is 6.07. The van der Waals surface area contributed by atoms with Gasteiger partial charge in [0.2, 0.25) is 0 Å². The fourth-order valence-electron chi connectivity index (χ4n) is 4.90. The Kier molecular flexibility index (Phi) is 7.73. The number of aryl methyl sites for hydroxylation is 1. The number of aromatic carboxylic acids is 1. The number of hydrogen-bond acceptors (Lipinski definition) is 6. The molecular formula is C25H34N4O4S. The number of carbonyl (C=O) groups is 1. The van der Waals surface area contributed by atoms with Crippen LogP contribution in [-0.4, -0.2) is 62.1 Å². The molecule has 8 nitrogen and oxygen atoms in total. The molecule has 0 unspecified atom stereocenters. The first-order valence-electron chi connectivity index (χ1n) is 12.1. The zero-order valence-corrected chi connectivity index (χ0v) is 20.6. The topological polar surface area (TPSA) is 103 Å². The molecule has 1 aromatic heterocycles. The summed E-state index contributed by atoms with van der Waals surface area (Å²) < 4.78 is 27.9. The van der Waals surface area contributed by atoms with Crippen molar-refractivity contribution in [2.45, 2.75) is 50.3 Å². The molecule has 2 aliphatic rings. The second kappa shape index (κ2) is 10.7. The molecule has 0 atom stereocenters. The molecule has 0 saturated carbocycles. The van der Waals surface area contributed by atoms with E-state index in [0.29, 0.717) is 11.7 Å². The summed E-state index contributed by atoms with van der Waals surface area (Å²) in [6, 6.07) is 7.92. The minimum atomic E-state index is -3.84. The lowest BCUT2D eigenvalue weighted by Gasteiger charge is -2.35. The van der Waals surface area contributed by atoms with Crippen LogP contribution in [0.2, 0.25) is 0 Å². The summed E-state index contributed by atoms with van der Waals surface area (Å²) in [7, 11) is -3.84. The molecule has 0 spiro atoms. The molecule has 0 bridgehead atoms. The largest absolute Gasteiger partial charge is 0.478 e. The zero-order chi connectivity index (χ0) is 24.1. The molecule has 2 saturated heterocycles. The number of hydrogen-bond donors (Lipinski definition) is 2. The van der Waals surface area contributed by atoms with Gasteiger partial charge in [-0.2, -0.15) is 0 Å². The van der Waals surface area contributed by atoms with Gasteiger partial charge in [0.1, 0.15) is 11.4 Å². The van der Waals surface area contributed by atoms with Crippen molar-refractivity contribution in [2.75, 3.05) is 42.3 Å². The average Bonchev–Trinajstić information content (AvgIpc) is 2.83. The van der Waals surface area contributed by atoms with Gasteiger partial charge in [0, 0.05) is 13.1 Å². The third-order valence-corrected chi connectivity index (χ3v) is 8.24. The van der Waals surface area contributed by atoms with Gasteiger partial charge in [0.15, 0.2) is 0 Å². The Bertz CT molecular complexity index is 1110. The lowest BCUT2D eigenvalue weighted by Crippen LogP contribution is -2.37. The van der Waals surface area contributed by atoms with Gasteiger partial charge in [-0.1, -0.05) is 18.6 Å². The fraction of sp³-hybridized carbons (Fsp3) is 0.520. The average molecular weight is 487 g/mol. The molecule has 2 aliphatic heterocycles. The van der Waals surface area contributed by atoms with E-state index < -0.39 is 16.0 Å². The van der Waals surface area contributed by atoms with E-state index in [2.05, 4.69) is 14.6 Å². The molecule has 1 aromatic carbocycles. The molecule has 3 heterocycles. The normalized spacial score (nSPS) is 18.1. The van der Waals surface area contributed by atoms with Crippen LogP contribution in [-0.2, 0) is 10.0 Å². The van der Waals surface area contributed by atoms with Gasteiger partial charge in [0.25, 0.3) is 10.0 Å². The van der Waals surface area contributed by atoms with Crippen LogP contribution in [0.25, 0.3) is 0 Å². The van der Waals surface area contributed by atoms with E-state index in [0.717, 1.165) is 38.0 Å². The summed E-state index contributed by atoms with van der Waals surface area (Å²) in [6.45, 7) is 6.90. The lowest BCUT2D eigenvalue weighted by molar-refractivity contribution is 0.0697. The maximum absolute atomic E-state index is 12.7. The summed E-state index contributed by atoms with van der Waals surface area (Å²) in [6.07, 6.45) is 8.56. The van der Waals surface area contributed by atoms with Crippen LogP contribution < -0.4 is 9.62 Å². The number of nitrogens with one attached hydrogen (secondary N) is 1. The van der Waals surface area contributed by atoms with Crippen molar-refractivity contribution in [3.63, 3.8) is 0 Å². The first kappa shape index (κ1) is 24.5. The van der Waals surface area contributed by atoms with Gasteiger partial charge in [-0.3, -0.25) is 4.72 Å². The summed E-state index contributed by atoms with van der Waals surface area (Å²) in [5.74, 6) is -0.0707. The maximum Gasteiger partial charge on any atom is 0.339 e. The number of carboxylic acid groups (broad SMARTS) is 1. The van der Waals surface area contributed by atoms with Crippen molar-refractivity contribution in [1.29, 1.82) is 0 Å². The standard InChI is InChI=1S/C25H34N4O4S/c1-19-6-5-7-22(16-19)34(32,33)27-21-17-23(25(30)31)24(26-18-21)29-14-9-20(10-15-29)8-13-28-11-3-2-4-12-28/h5-7,16-18,20,27H,2-4,8-15H2,1H3,(H,30,31). The summed E-state index contributed by atoms with van der Waals surface area (Å²) in [5, 5.41) is 9.80. The highest BCUT2D eigenvalue weighted by Crippen LogP contribution is 2.29. The van der Waals surface area contributed by atoms with E-state index in [1.54, 1.807) is 12.1 Å². The Hall–Kier alpha value is -2.65. The van der Waals surface area contributed by atoms with E-state index >= 15 is 0 Å². The van der Waals surface area contributed by atoms with Gasteiger partial charge in [-0.25, -0.2) is 18.2 Å². The van der Waals surface area contributed by atoms with Crippen LogP contribution in [0.15, 0.2) is 41.4 Å². The van der Waals surface area contributed by atoms with Crippen LogP contribution >= 0.6 is 0 Å². The Labute approximate surface area is 202 Å². The number of anilines is 2. The molecule has 0 amide bonds. The van der Waals surface area contributed by atoms with Crippen LogP contribution in [0.1, 0.15) is 54.4 Å². The lowest BCUT2D eigenvalue weighted by atomic mass is 9.93. The van der Waals surface area contributed by atoms with Crippen molar-refractivity contribution < 1.29 is 18.3 Å². The molecular weight excluding hydrogens is 452 g/mol. The summed E-state index contributed by atoms with van der Waals surface area (Å²) in [4.78, 5) is 21.1. The second-order valence-corrected chi connectivity index (χ2v) is 11.1. The molecule has 0 aliphatic carbocycles. The number of aromatic nitrogens is 1. The molecule has 4 rings (SSSR count). The van der Waals surface area contributed by atoms with Crippen molar-refractivity contribution in [1.82, 2.24) is 9.88 Å². The fourth-order valence-corrected chi connectivity index (χ4v) is 6.04. The number of rotatable bonds is 8. The van der Waals surface area contributed by atoms with Gasteiger partial charge in [-0.05, 0) is 88.3 Å². The van der Waals surface area contributed by atoms with Crippen LogP contribution in [0, 0.1) is 12.8 Å². The maximum atomic E-state index is 12.7. The van der Waals surface area contributed by atoms with Gasteiger partial charge in [-0.15, -0.1) is 0 Å². The molecule has 9 heteroatoms. The number of piperidine rings is 2. The number of sulfonamides is 1. The first-order valence-corrected chi connectivity index (χ1v) is 13.6. The second-order valence-electron chi connectivity index (χ2n) is 9.44. The van der Waals surface area contributed by atoms with Crippen molar-refractivity contribution >= 4 is 27.5 Å². The summed E-state index contributed by atoms with van der Waals surface area (Å²) in [5.41, 5.74) is 0.970. The first-order chi connectivity index (χ1) is 16.3. The number of benzene rings is 1. The van der Waals surface area contributed by atoms with E-state index in [1.165, 1.54) is 57.1 Å². The highest BCUT2D eigenvalue weighted by molar-refractivity contribution is 7.92. The Morgan fingerprint density at radius 2 is 1.85 bits per heavy atom. The molecule has 0 radical (unpaired) electrons. The molecule has 184 valence electrons. The monoisotopic (exact) mass is 486 g/mol. The highest BCUT2D eigenvalue weighted by atomic mass is 32.2. The quantitative estimate of drug-likeness (QED) is 0.582. The zero-order valence-electron chi connectivity index (χ0n) is 19.7. The van der Waals surface area contributed by atoms with Crippen molar-refractivity contribution in [3.8, 4) is 0 Å².